The highest BCUT2D eigenvalue weighted by Crippen LogP contribution is 2.22. The zero-order valence-corrected chi connectivity index (χ0v) is 12.3. The maximum Gasteiger partial charge on any atom is 0.317 e. The number of urea groups is 1. The van der Waals surface area contributed by atoms with Gasteiger partial charge in [0, 0.05) is 23.7 Å². The van der Waals surface area contributed by atoms with Crippen molar-refractivity contribution in [1.29, 1.82) is 0 Å². The summed E-state index contributed by atoms with van der Waals surface area (Å²) in [6.45, 7) is 4.83. The summed E-state index contributed by atoms with van der Waals surface area (Å²) in [4.78, 5) is 14.1. The van der Waals surface area contributed by atoms with Gasteiger partial charge in [-0.2, -0.15) is 0 Å². The first-order chi connectivity index (χ1) is 9.06. The van der Waals surface area contributed by atoms with Gasteiger partial charge in [-0.15, -0.1) is 0 Å². The average Bonchev–Trinajstić information content (AvgIpc) is 2.79. The Morgan fingerprint density at radius 2 is 2.11 bits per heavy atom. The molecular weight excluding hydrogens is 260 g/mol. The molecule has 0 bridgehead atoms. The lowest BCUT2D eigenvalue weighted by atomic mass is 10.0. The van der Waals surface area contributed by atoms with Crippen LogP contribution in [-0.4, -0.2) is 29.6 Å². The fraction of sp³-hybridized carbons (Fsp3) is 0.533. The van der Waals surface area contributed by atoms with Gasteiger partial charge in [-0.25, -0.2) is 4.79 Å². The van der Waals surface area contributed by atoms with Crippen molar-refractivity contribution in [2.45, 2.75) is 45.2 Å². The number of likely N-dealkylation sites (tertiary alicyclic amines) is 1. The van der Waals surface area contributed by atoms with Crippen molar-refractivity contribution in [2.75, 3.05) is 6.54 Å². The maximum atomic E-state index is 12.1. The third kappa shape index (κ3) is 3.87. The van der Waals surface area contributed by atoms with Gasteiger partial charge in [0.25, 0.3) is 0 Å². The van der Waals surface area contributed by atoms with E-state index in [0.29, 0.717) is 6.04 Å². The molecule has 1 fully saturated rings. The van der Waals surface area contributed by atoms with Gasteiger partial charge in [0.2, 0.25) is 0 Å². The van der Waals surface area contributed by atoms with Gasteiger partial charge in [-0.1, -0.05) is 23.7 Å². The number of hydrogen-bond donors (Lipinski definition) is 1. The van der Waals surface area contributed by atoms with Crippen molar-refractivity contribution < 1.29 is 4.79 Å². The third-order valence-electron chi connectivity index (χ3n) is 3.43. The van der Waals surface area contributed by atoms with Crippen molar-refractivity contribution >= 4 is 17.6 Å². The van der Waals surface area contributed by atoms with E-state index in [1.807, 2.05) is 43.0 Å². The molecule has 1 aliphatic heterocycles. The van der Waals surface area contributed by atoms with Gasteiger partial charge in [-0.05, 0) is 50.8 Å². The molecule has 1 saturated heterocycles. The Kier molecular flexibility index (Phi) is 4.70. The number of amides is 2. The third-order valence-corrected chi connectivity index (χ3v) is 3.69. The number of halogens is 1. The van der Waals surface area contributed by atoms with Crippen LogP contribution in [0.4, 0.5) is 4.79 Å². The zero-order valence-electron chi connectivity index (χ0n) is 11.5. The second kappa shape index (κ2) is 6.29. The molecule has 19 heavy (non-hydrogen) atoms. The number of nitrogens with one attached hydrogen (secondary N) is 1. The Morgan fingerprint density at radius 3 is 2.74 bits per heavy atom. The first-order valence-corrected chi connectivity index (χ1v) is 7.25. The summed E-state index contributed by atoms with van der Waals surface area (Å²) in [5.74, 6) is 0. The van der Waals surface area contributed by atoms with E-state index in [9.17, 15) is 4.79 Å². The summed E-state index contributed by atoms with van der Waals surface area (Å²) in [7, 11) is 0. The van der Waals surface area contributed by atoms with Crippen molar-refractivity contribution in [2.24, 2.45) is 0 Å². The standard InChI is InChI=1S/C15H21ClN2O/c1-11(2)17-15(19)18-9-3-4-14(18)10-12-5-7-13(16)8-6-12/h5-8,11,14H,3-4,9-10H2,1-2H3,(H,17,19). The van der Waals surface area contributed by atoms with Crippen molar-refractivity contribution in [1.82, 2.24) is 10.2 Å². The van der Waals surface area contributed by atoms with E-state index in [1.54, 1.807) is 0 Å². The summed E-state index contributed by atoms with van der Waals surface area (Å²) in [5, 5.41) is 3.73. The molecule has 1 heterocycles. The van der Waals surface area contributed by atoms with Gasteiger partial charge in [-0.3, -0.25) is 0 Å². The molecule has 4 heteroatoms. The number of hydrogen-bond acceptors (Lipinski definition) is 1. The lowest BCUT2D eigenvalue weighted by Gasteiger charge is -2.26. The summed E-state index contributed by atoms with van der Waals surface area (Å²) in [6.07, 6.45) is 3.07. The molecule has 1 aromatic rings. The summed E-state index contributed by atoms with van der Waals surface area (Å²) < 4.78 is 0. The first kappa shape index (κ1) is 14.2. The fourth-order valence-corrected chi connectivity index (χ4v) is 2.66. The molecule has 0 aliphatic carbocycles. The van der Waals surface area contributed by atoms with E-state index in [1.165, 1.54) is 5.56 Å². The molecule has 1 aliphatic rings. The number of carbonyl (C=O) groups is 1. The monoisotopic (exact) mass is 280 g/mol. The molecule has 1 aromatic carbocycles. The predicted octanol–water partition coefficient (Wildman–Crippen LogP) is 3.46. The molecular formula is C15H21ClN2O. The van der Waals surface area contributed by atoms with Crippen LogP contribution < -0.4 is 5.32 Å². The largest absolute Gasteiger partial charge is 0.336 e. The quantitative estimate of drug-likeness (QED) is 0.903. The van der Waals surface area contributed by atoms with Crippen LogP contribution in [0, 0.1) is 0 Å². The topological polar surface area (TPSA) is 32.3 Å². The minimum absolute atomic E-state index is 0.0615. The van der Waals surface area contributed by atoms with Gasteiger partial charge in [0.05, 0.1) is 0 Å². The van der Waals surface area contributed by atoms with Gasteiger partial charge < -0.3 is 10.2 Å². The Morgan fingerprint density at radius 1 is 1.42 bits per heavy atom. The van der Waals surface area contributed by atoms with Crippen LogP contribution >= 0.6 is 11.6 Å². The van der Waals surface area contributed by atoms with E-state index in [0.717, 1.165) is 30.8 Å². The van der Waals surface area contributed by atoms with Crippen molar-refractivity contribution in [3.8, 4) is 0 Å². The highest BCUT2D eigenvalue weighted by Gasteiger charge is 2.28. The van der Waals surface area contributed by atoms with Crippen molar-refractivity contribution in [3.05, 3.63) is 34.9 Å². The molecule has 1 N–H and O–H groups in total. The molecule has 0 saturated carbocycles. The molecule has 1 atom stereocenters. The van der Waals surface area contributed by atoms with E-state index in [2.05, 4.69) is 5.32 Å². The second-order valence-corrected chi connectivity index (χ2v) is 5.86. The van der Waals surface area contributed by atoms with Gasteiger partial charge >= 0.3 is 6.03 Å². The number of carbonyl (C=O) groups excluding carboxylic acids is 1. The minimum atomic E-state index is 0.0615. The zero-order chi connectivity index (χ0) is 13.8. The van der Waals surface area contributed by atoms with Crippen LogP contribution in [-0.2, 0) is 6.42 Å². The normalized spacial score (nSPS) is 18.9. The van der Waals surface area contributed by atoms with E-state index in [-0.39, 0.29) is 12.1 Å². The molecule has 1 unspecified atom stereocenters. The molecule has 0 aromatic heterocycles. The van der Waals surface area contributed by atoms with Crippen molar-refractivity contribution in [3.63, 3.8) is 0 Å². The number of nitrogens with zero attached hydrogens (tertiary/aromatic N) is 1. The van der Waals surface area contributed by atoms with E-state index in [4.69, 9.17) is 11.6 Å². The highest BCUT2D eigenvalue weighted by molar-refractivity contribution is 6.30. The molecule has 0 spiro atoms. The van der Waals surface area contributed by atoms with Crippen LogP contribution in [0.1, 0.15) is 32.3 Å². The van der Waals surface area contributed by atoms with Crippen LogP contribution in [0.15, 0.2) is 24.3 Å². The predicted molar refractivity (Wildman–Crippen MR) is 78.6 cm³/mol. The summed E-state index contributed by atoms with van der Waals surface area (Å²) in [6, 6.07) is 8.45. The number of rotatable bonds is 3. The smallest absolute Gasteiger partial charge is 0.317 e. The average molecular weight is 281 g/mol. The minimum Gasteiger partial charge on any atom is -0.336 e. The Hall–Kier alpha value is -1.22. The SMILES string of the molecule is CC(C)NC(=O)N1CCCC1Cc1ccc(Cl)cc1. The first-order valence-electron chi connectivity index (χ1n) is 6.88. The van der Waals surface area contributed by atoms with Crippen LogP contribution in [0.25, 0.3) is 0 Å². The highest BCUT2D eigenvalue weighted by atomic mass is 35.5. The Bertz CT molecular complexity index is 430. The lowest BCUT2D eigenvalue weighted by Crippen LogP contribution is -2.45. The molecule has 3 nitrogen and oxygen atoms in total. The van der Waals surface area contributed by atoms with E-state index < -0.39 is 0 Å². The molecule has 2 rings (SSSR count). The Labute approximate surface area is 119 Å². The van der Waals surface area contributed by atoms with Crippen LogP contribution in [0.3, 0.4) is 0 Å². The van der Waals surface area contributed by atoms with E-state index >= 15 is 0 Å². The fourth-order valence-electron chi connectivity index (χ4n) is 2.54. The van der Waals surface area contributed by atoms with Crippen LogP contribution in [0.5, 0.6) is 0 Å². The van der Waals surface area contributed by atoms with Gasteiger partial charge in [0.15, 0.2) is 0 Å². The van der Waals surface area contributed by atoms with Gasteiger partial charge in [0.1, 0.15) is 0 Å². The molecule has 104 valence electrons. The molecule has 0 radical (unpaired) electrons. The second-order valence-electron chi connectivity index (χ2n) is 5.42. The Balaban J connectivity index is 1.98. The summed E-state index contributed by atoms with van der Waals surface area (Å²) in [5.41, 5.74) is 1.23. The maximum absolute atomic E-state index is 12.1. The number of benzene rings is 1. The lowest BCUT2D eigenvalue weighted by molar-refractivity contribution is 0.190. The summed E-state index contributed by atoms with van der Waals surface area (Å²) >= 11 is 5.89. The molecule has 2 amide bonds. The van der Waals surface area contributed by atoms with Crippen LogP contribution in [0.2, 0.25) is 5.02 Å².